The van der Waals surface area contributed by atoms with Crippen LogP contribution in [0.1, 0.15) is 71.8 Å². The molecule has 0 spiro atoms. The second-order valence-electron chi connectivity index (χ2n) is 8.25. The van der Waals surface area contributed by atoms with Crippen LogP contribution in [0.25, 0.3) is 0 Å². The second kappa shape index (κ2) is 7.77. The molecule has 4 rings (SSSR count). The van der Waals surface area contributed by atoms with Crippen molar-refractivity contribution in [2.45, 2.75) is 65.1 Å². The third-order valence-corrected chi connectivity index (χ3v) is 5.59. The van der Waals surface area contributed by atoms with Gasteiger partial charge in [-0.25, -0.2) is 4.98 Å². The molecule has 2 amide bonds. The number of carbonyl (C=O) groups excluding carboxylic acids is 2. The normalized spacial score (nSPS) is 17.2. The van der Waals surface area contributed by atoms with Gasteiger partial charge in [-0.3, -0.25) is 14.3 Å². The van der Waals surface area contributed by atoms with Gasteiger partial charge in [-0.15, -0.1) is 0 Å². The van der Waals surface area contributed by atoms with Crippen molar-refractivity contribution in [2.75, 3.05) is 6.54 Å². The summed E-state index contributed by atoms with van der Waals surface area (Å²) < 4.78 is 1.97. The fourth-order valence-electron chi connectivity index (χ4n) is 4.21. The zero-order chi connectivity index (χ0) is 19.7. The highest BCUT2D eigenvalue weighted by atomic mass is 16.2. The zero-order valence-corrected chi connectivity index (χ0v) is 16.6. The third kappa shape index (κ3) is 3.68. The van der Waals surface area contributed by atoms with Gasteiger partial charge in [0.2, 0.25) is 0 Å². The Morgan fingerprint density at radius 2 is 2.11 bits per heavy atom. The van der Waals surface area contributed by atoms with Crippen LogP contribution in [0.4, 0.5) is 0 Å². The Bertz CT molecular complexity index is 848. The Balaban J connectivity index is 1.60. The molecule has 0 radical (unpaired) electrons. The van der Waals surface area contributed by atoms with Crippen LogP contribution >= 0.6 is 0 Å². The minimum absolute atomic E-state index is 0.0955. The van der Waals surface area contributed by atoms with Crippen molar-refractivity contribution in [1.82, 2.24) is 30.0 Å². The number of nitrogens with one attached hydrogen (secondary N) is 2. The quantitative estimate of drug-likeness (QED) is 0.825. The van der Waals surface area contributed by atoms with E-state index in [0.29, 0.717) is 36.8 Å². The molecule has 1 aliphatic carbocycles. The highest BCUT2D eigenvalue weighted by Crippen LogP contribution is 2.25. The van der Waals surface area contributed by atoms with Crippen LogP contribution < -0.4 is 5.32 Å². The molecule has 1 aliphatic heterocycles. The first-order valence-electron chi connectivity index (χ1n) is 10.2. The molecule has 2 N–H and O–H groups in total. The lowest BCUT2D eigenvalue weighted by molar-refractivity contribution is 0.0724. The first-order valence-corrected chi connectivity index (χ1v) is 10.2. The summed E-state index contributed by atoms with van der Waals surface area (Å²) in [6.45, 7) is 6.07. The van der Waals surface area contributed by atoms with Gasteiger partial charge in [0.1, 0.15) is 5.69 Å². The van der Waals surface area contributed by atoms with Crippen molar-refractivity contribution in [1.29, 1.82) is 0 Å². The Kier molecular flexibility index (Phi) is 5.19. The number of aromatic amines is 1. The minimum atomic E-state index is -0.110. The van der Waals surface area contributed by atoms with Crippen LogP contribution in [0, 0.1) is 5.92 Å². The Labute approximate surface area is 164 Å². The van der Waals surface area contributed by atoms with Gasteiger partial charge in [0.15, 0.2) is 5.69 Å². The summed E-state index contributed by atoms with van der Waals surface area (Å²) in [6.07, 6.45) is 8.13. The molecule has 8 heteroatoms. The summed E-state index contributed by atoms with van der Waals surface area (Å²) in [6, 6.07) is 0.240. The number of rotatable bonds is 5. The van der Waals surface area contributed by atoms with E-state index >= 15 is 0 Å². The standard InChI is InChI=1S/C20H28N6O2/c1-13(2)10-26-17-7-8-25(20(28)16-9-21-12-22-16)11-15(17)18(24-26)19(27)23-14-5-3-4-6-14/h9,12-14H,3-8,10-11H2,1-2H3,(H,21,22)(H,23,27). The van der Waals surface area contributed by atoms with Gasteiger partial charge in [-0.05, 0) is 18.8 Å². The smallest absolute Gasteiger partial charge is 0.272 e. The number of carbonyl (C=O) groups is 2. The van der Waals surface area contributed by atoms with Crippen molar-refractivity contribution in [3.63, 3.8) is 0 Å². The molecule has 2 aliphatic rings. The Morgan fingerprint density at radius 3 is 2.79 bits per heavy atom. The number of hydrogen-bond acceptors (Lipinski definition) is 4. The van der Waals surface area contributed by atoms with Crippen molar-refractivity contribution in [3.05, 3.63) is 35.2 Å². The number of imidazole rings is 1. The zero-order valence-electron chi connectivity index (χ0n) is 16.6. The summed E-state index contributed by atoms with van der Waals surface area (Å²) in [5.41, 5.74) is 2.91. The molecule has 0 saturated heterocycles. The number of hydrogen-bond donors (Lipinski definition) is 2. The van der Waals surface area contributed by atoms with Crippen LogP contribution in [-0.4, -0.2) is 49.0 Å². The van der Waals surface area contributed by atoms with Crippen molar-refractivity contribution < 1.29 is 9.59 Å². The van der Waals surface area contributed by atoms with Crippen LogP contribution in [0.3, 0.4) is 0 Å². The maximum atomic E-state index is 13.0. The minimum Gasteiger partial charge on any atom is -0.348 e. The first kappa shape index (κ1) is 18.7. The summed E-state index contributed by atoms with van der Waals surface area (Å²) in [5.74, 6) is 0.225. The maximum Gasteiger partial charge on any atom is 0.272 e. The van der Waals surface area contributed by atoms with Gasteiger partial charge in [-0.1, -0.05) is 26.7 Å². The number of nitrogens with zero attached hydrogens (tertiary/aromatic N) is 4. The molecule has 0 unspecified atom stereocenters. The lowest BCUT2D eigenvalue weighted by Crippen LogP contribution is -2.38. The predicted molar refractivity (Wildman–Crippen MR) is 104 cm³/mol. The first-order chi connectivity index (χ1) is 13.5. The van der Waals surface area contributed by atoms with Gasteiger partial charge in [0.25, 0.3) is 11.8 Å². The summed E-state index contributed by atoms with van der Waals surface area (Å²) in [4.78, 5) is 34.3. The Morgan fingerprint density at radius 1 is 1.32 bits per heavy atom. The molecule has 0 bridgehead atoms. The molecule has 2 aromatic heterocycles. The monoisotopic (exact) mass is 384 g/mol. The van der Waals surface area contributed by atoms with Gasteiger partial charge >= 0.3 is 0 Å². The topological polar surface area (TPSA) is 95.9 Å². The second-order valence-corrected chi connectivity index (χ2v) is 8.25. The van der Waals surface area contributed by atoms with E-state index in [9.17, 15) is 9.59 Å². The summed E-state index contributed by atoms with van der Waals surface area (Å²) in [5, 5.41) is 7.83. The van der Waals surface area contributed by atoms with E-state index in [4.69, 9.17) is 0 Å². The Hall–Kier alpha value is -2.64. The van der Waals surface area contributed by atoms with E-state index in [0.717, 1.165) is 43.5 Å². The van der Waals surface area contributed by atoms with E-state index in [-0.39, 0.29) is 17.9 Å². The van der Waals surface area contributed by atoms with E-state index in [1.165, 1.54) is 12.5 Å². The fourth-order valence-corrected chi connectivity index (χ4v) is 4.21. The van der Waals surface area contributed by atoms with Crippen molar-refractivity contribution in [3.8, 4) is 0 Å². The number of amides is 2. The van der Waals surface area contributed by atoms with E-state index < -0.39 is 0 Å². The molecule has 150 valence electrons. The van der Waals surface area contributed by atoms with Crippen LogP contribution in [0.2, 0.25) is 0 Å². The molecule has 3 heterocycles. The summed E-state index contributed by atoms with van der Waals surface area (Å²) >= 11 is 0. The van der Waals surface area contributed by atoms with Crippen LogP contribution in [0.5, 0.6) is 0 Å². The summed E-state index contributed by atoms with van der Waals surface area (Å²) in [7, 11) is 0. The molecule has 28 heavy (non-hydrogen) atoms. The van der Waals surface area contributed by atoms with Crippen LogP contribution in [-0.2, 0) is 19.5 Å². The van der Waals surface area contributed by atoms with Gasteiger partial charge in [-0.2, -0.15) is 5.10 Å². The highest BCUT2D eigenvalue weighted by Gasteiger charge is 2.31. The third-order valence-electron chi connectivity index (χ3n) is 5.59. The van der Waals surface area contributed by atoms with Gasteiger partial charge < -0.3 is 15.2 Å². The van der Waals surface area contributed by atoms with E-state index in [1.807, 2.05) is 4.68 Å². The largest absolute Gasteiger partial charge is 0.348 e. The average molecular weight is 384 g/mol. The highest BCUT2D eigenvalue weighted by molar-refractivity contribution is 5.95. The predicted octanol–water partition coefficient (Wildman–Crippen LogP) is 2.13. The molecule has 1 saturated carbocycles. The molecule has 1 fully saturated rings. The van der Waals surface area contributed by atoms with Gasteiger partial charge in [0, 0.05) is 36.8 Å². The molecular formula is C20H28N6O2. The van der Waals surface area contributed by atoms with Gasteiger partial charge in [0.05, 0.1) is 19.1 Å². The SMILES string of the molecule is CC(C)Cn1nc(C(=O)NC2CCCC2)c2c1CCN(C(=O)c1cnc[nH]1)C2. The number of aromatic nitrogens is 4. The molecule has 0 atom stereocenters. The molecule has 2 aromatic rings. The maximum absolute atomic E-state index is 13.0. The number of fused-ring (bicyclic) bond motifs is 1. The van der Waals surface area contributed by atoms with E-state index in [1.54, 1.807) is 4.90 Å². The number of H-pyrrole nitrogens is 1. The molecule has 8 nitrogen and oxygen atoms in total. The lowest BCUT2D eigenvalue weighted by Gasteiger charge is -2.27. The van der Waals surface area contributed by atoms with E-state index in [2.05, 4.69) is 34.2 Å². The fraction of sp³-hybridized carbons (Fsp3) is 0.600. The van der Waals surface area contributed by atoms with Crippen molar-refractivity contribution in [2.24, 2.45) is 5.92 Å². The lowest BCUT2D eigenvalue weighted by atomic mass is 10.0. The van der Waals surface area contributed by atoms with Crippen molar-refractivity contribution >= 4 is 11.8 Å². The van der Waals surface area contributed by atoms with Crippen LogP contribution in [0.15, 0.2) is 12.5 Å². The average Bonchev–Trinajstić information content (AvgIpc) is 3.42. The molecule has 0 aromatic carbocycles. The molecular weight excluding hydrogens is 356 g/mol.